The van der Waals surface area contributed by atoms with Gasteiger partial charge in [-0.3, -0.25) is 14.5 Å². The molecule has 0 aliphatic carbocycles. The topological polar surface area (TPSA) is 133 Å². The molecule has 2 heterocycles. The zero-order chi connectivity index (χ0) is 24.6. The number of hydrogen-bond acceptors (Lipinski definition) is 6. The van der Waals surface area contributed by atoms with Crippen molar-refractivity contribution in [2.45, 2.75) is 61.9 Å². The average molecular weight is 509 g/mol. The van der Waals surface area contributed by atoms with Crippen molar-refractivity contribution in [3.8, 4) is 0 Å². The van der Waals surface area contributed by atoms with Crippen LogP contribution in [0, 0.1) is 0 Å². The van der Waals surface area contributed by atoms with Crippen molar-refractivity contribution in [3.05, 3.63) is 41.4 Å². The van der Waals surface area contributed by atoms with Gasteiger partial charge in [-0.1, -0.05) is 30.2 Å². The van der Waals surface area contributed by atoms with Crippen molar-refractivity contribution < 1.29 is 23.1 Å². The van der Waals surface area contributed by atoms with E-state index in [2.05, 4.69) is 4.72 Å². The number of rotatable bonds is 7. The number of carbonyl (C=O) groups is 2. The normalized spacial score (nSPS) is 23.9. The second-order valence-corrected chi connectivity index (χ2v) is 11.1. The zero-order valence-electron chi connectivity index (χ0n) is 18.9. The summed E-state index contributed by atoms with van der Waals surface area (Å²) in [7, 11) is -3.95. The summed E-state index contributed by atoms with van der Waals surface area (Å²) in [6.07, 6.45) is 1.43. The highest BCUT2D eigenvalue weighted by atomic mass is 35.5. The third-order valence-electron chi connectivity index (χ3n) is 6.76. The van der Waals surface area contributed by atoms with Crippen LogP contribution in [-0.4, -0.2) is 72.6 Å². The molecule has 2 saturated heterocycles. The lowest BCUT2D eigenvalue weighted by molar-refractivity contribution is -0.143. The minimum Gasteiger partial charge on any atom is -0.376 e. The van der Waals surface area contributed by atoms with Crippen LogP contribution >= 0.6 is 11.6 Å². The number of halogens is 1. The number of likely N-dealkylation sites (tertiary alicyclic amines) is 2. The number of piperidine rings is 1. The van der Waals surface area contributed by atoms with E-state index < -0.39 is 46.2 Å². The first-order valence-electron chi connectivity index (χ1n) is 11.3. The number of benzene rings is 2. The van der Waals surface area contributed by atoms with E-state index in [9.17, 15) is 23.1 Å². The smallest absolute Gasteiger partial charge is 0.241 e. The van der Waals surface area contributed by atoms with Gasteiger partial charge in [0.15, 0.2) is 0 Å². The summed E-state index contributed by atoms with van der Waals surface area (Å²) in [5, 5.41) is 13.0. The quantitative estimate of drug-likeness (QED) is 0.518. The van der Waals surface area contributed by atoms with Gasteiger partial charge in [-0.25, -0.2) is 8.42 Å². The average Bonchev–Trinajstić information content (AvgIpc) is 3.16. The number of nitrogens with two attached hydrogens (primary N) is 1. The Morgan fingerprint density at radius 3 is 2.59 bits per heavy atom. The summed E-state index contributed by atoms with van der Waals surface area (Å²) >= 11 is 6.00. The van der Waals surface area contributed by atoms with Crippen LogP contribution in [0.4, 0.5) is 0 Å². The first-order chi connectivity index (χ1) is 16.1. The Balaban J connectivity index is 1.46. The van der Waals surface area contributed by atoms with E-state index in [1.165, 1.54) is 17.0 Å². The lowest BCUT2D eigenvalue weighted by Gasteiger charge is -2.41. The van der Waals surface area contributed by atoms with E-state index in [-0.39, 0.29) is 17.9 Å². The molecular formula is C23H29ClN4O5S. The summed E-state index contributed by atoms with van der Waals surface area (Å²) in [5.74, 6) is -0.905. The van der Waals surface area contributed by atoms with Crippen molar-refractivity contribution in [2.24, 2.45) is 5.73 Å². The Bertz CT molecular complexity index is 1210. The summed E-state index contributed by atoms with van der Waals surface area (Å²) in [4.78, 5) is 28.1. The maximum Gasteiger partial charge on any atom is 0.241 e. The molecule has 0 spiro atoms. The van der Waals surface area contributed by atoms with Crippen LogP contribution in [0.5, 0.6) is 0 Å². The van der Waals surface area contributed by atoms with E-state index in [1.807, 2.05) is 0 Å². The first-order valence-corrected chi connectivity index (χ1v) is 13.2. The fraction of sp³-hybridized carbons (Fsp3) is 0.478. The van der Waals surface area contributed by atoms with Crippen LogP contribution < -0.4 is 10.5 Å². The highest BCUT2D eigenvalue weighted by Gasteiger charge is 2.42. The molecule has 4 rings (SSSR count). The number of nitrogens with one attached hydrogen (secondary N) is 1. The third kappa shape index (κ3) is 4.92. The lowest BCUT2D eigenvalue weighted by atomic mass is 10.00. The zero-order valence-corrected chi connectivity index (χ0v) is 20.4. The van der Waals surface area contributed by atoms with Crippen LogP contribution in [0.15, 0.2) is 41.3 Å². The second kappa shape index (κ2) is 9.79. The summed E-state index contributed by atoms with van der Waals surface area (Å²) in [6.45, 7) is 2.49. The molecular weight excluding hydrogens is 480 g/mol. The highest BCUT2D eigenvalue weighted by molar-refractivity contribution is 7.89. The molecule has 2 amide bonds. The number of aliphatic hydroxyl groups excluding tert-OH is 1. The molecule has 0 bridgehead atoms. The predicted molar refractivity (Wildman–Crippen MR) is 128 cm³/mol. The molecule has 9 nitrogen and oxygen atoms in total. The van der Waals surface area contributed by atoms with Gasteiger partial charge in [0.25, 0.3) is 0 Å². The number of fused-ring (bicyclic) bond motifs is 1. The van der Waals surface area contributed by atoms with Crippen LogP contribution in [0.2, 0.25) is 5.02 Å². The third-order valence-corrected chi connectivity index (χ3v) is 8.46. The number of aliphatic hydroxyl groups is 1. The molecule has 34 heavy (non-hydrogen) atoms. The maximum absolute atomic E-state index is 13.1. The number of carbonyl (C=O) groups excluding carboxylic acids is 2. The van der Waals surface area contributed by atoms with E-state index >= 15 is 0 Å². The van der Waals surface area contributed by atoms with E-state index in [0.717, 1.165) is 18.2 Å². The summed E-state index contributed by atoms with van der Waals surface area (Å²) in [6, 6.07) is 7.71. The minimum atomic E-state index is -3.95. The SMILES string of the molecule is C[C@@H](C(O)N1CCCCC1C(N)=O)N1CC[C@H](NS(=O)(=O)c2ccc3cc(Cl)ccc3c2)C1=O. The van der Waals surface area contributed by atoms with E-state index in [4.69, 9.17) is 17.3 Å². The lowest BCUT2D eigenvalue weighted by Crippen LogP contribution is -2.59. The Kier molecular flexibility index (Phi) is 7.16. The van der Waals surface area contributed by atoms with Gasteiger partial charge in [0, 0.05) is 18.1 Å². The van der Waals surface area contributed by atoms with Gasteiger partial charge in [-0.2, -0.15) is 4.72 Å². The minimum absolute atomic E-state index is 0.0549. The van der Waals surface area contributed by atoms with Gasteiger partial charge in [0.05, 0.1) is 17.0 Å². The molecule has 0 saturated carbocycles. The Labute approximate surface area is 203 Å². The number of nitrogens with zero attached hydrogens (tertiary/aromatic N) is 2. The molecule has 4 N–H and O–H groups in total. The molecule has 2 fully saturated rings. The molecule has 2 aliphatic heterocycles. The van der Waals surface area contributed by atoms with Crippen LogP contribution in [0.1, 0.15) is 32.6 Å². The van der Waals surface area contributed by atoms with Gasteiger partial charge in [0.2, 0.25) is 21.8 Å². The molecule has 0 radical (unpaired) electrons. The van der Waals surface area contributed by atoms with Crippen LogP contribution in [-0.2, 0) is 19.6 Å². The largest absolute Gasteiger partial charge is 0.376 e. The number of amides is 2. The van der Waals surface area contributed by atoms with Crippen molar-refractivity contribution in [1.29, 1.82) is 0 Å². The van der Waals surface area contributed by atoms with Crippen molar-refractivity contribution in [1.82, 2.24) is 14.5 Å². The standard InChI is InChI=1S/C23H29ClN4O5S/c1-14(22(30)28-10-3-2-4-20(28)21(25)29)27-11-9-19(23(27)31)26-34(32,33)18-8-6-15-12-17(24)7-5-16(15)13-18/h5-8,12-14,19-20,22,26,30H,2-4,9-11H2,1H3,(H2,25,29)/t14-,19-,20?,22?/m0/s1. The summed E-state index contributed by atoms with van der Waals surface area (Å²) in [5.41, 5.74) is 5.51. The molecule has 0 aromatic heterocycles. The molecule has 2 aliphatic rings. The molecule has 2 aromatic carbocycles. The maximum atomic E-state index is 13.1. The number of sulfonamides is 1. The molecule has 11 heteroatoms. The molecule has 4 atom stereocenters. The van der Waals surface area contributed by atoms with Crippen LogP contribution in [0.3, 0.4) is 0 Å². The Hall–Kier alpha value is -2.24. The molecule has 184 valence electrons. The van der Waals surface area contributed by atoms with Crippen molar-refractivity contribution in [2.75, 3.05) is 13.1 Å². The van der Waals surface area contributed by atoms with Gasteiger partial charge < -0.3 is 15.7 Å². The van der Waals surface area contributed by atoms with E-state index in [1.54, 1.807) is 36.1 Å². The van der Waals surface area contributed by atoms with Crippen molar-refractivity contribution >= 4 is 44.2 Å². The van der Waals surface area contributed by atoms with Gasteiger partial charge in [-0.05, 0) is 61.2 Å². The Morgan fingerprint density at radius 2 is 1.85 bits per heavy atom. The fourth-order valence-electron chi connectivity index (χ4n) is 4.85. The number of hydrogen-bond donors (Lipinski definition) is 3. The molecule has 2 unspecified atom stereocenters. The van der Waals surface area contributed by atoms with Gasteiger partial charge in [-0.15, -0.1) is 0 Å². The van der Waals surface area contributed by atoms with Crippen molar-refractivity contribution in [3.63, 3.8) is 0 Å². The number of primary amides is 1. The van der Waals surface area contributed by atoms with E-state index in [0.29, 0.717) is 23.4 Å². The molecule has 2 aromatic rings. The van der Waals surface area contributed by atoms with Gasteiger partial charge in [0.1, 0.15) is 12.3 Å². The Morgan fingerprint density at radius 1 is 1.15 bits per heavy atom. The predicted octanol–water partition coefficient (Wildman–Crippen LogP) is 1.42. The van der Waals surface area contributed by atoms with Gasteiger partial charge >= 0.3 is 0 Å². The van der Waals surface area contributed by atoms with Crippen LogP contribution in [0.25, 0.3) is 10.8 Å². The second-order valence-electron chi connectivity index (χ2n) is 8.95. The fourth-order valence-corrected chi connectivity index (χ4v) is 6.29. The monoisotopic (exact) mass is 508 g/mol. The highest BCUT2D eigenvalue weighted by Crippen LogP contribution is 2.26. The first kappa shape index (κ1) is 24.9. The summed E-state index contributed by atoms with van der Waals surface area (Å²) < 4.78 is 28.5.